The van der Waals surface area contributed by atoms with Gasteiger partial charge in [-0.25, -0.2) is 5.43 Å². The summed E-state index contributed by atoms with van der Waals surface area (Å²) in [4.78, 5) is 24.8. The Labute approximate surface area is 281 Å². The zero-order valence-electron chi connectivity index (χ0n) is 23.8. The van der Waals surface area contributed by atoms with Gasteiger partial charge in [0.15, 0.2) is 12.4 Å². The predicted molar refractivity (Wildman–Crippen MR) is 186 cm³/mol. The van der Waals surface area contributed by atoms with Crippen LogP contribution in [0.2, 0.25) is 0 Å². The molecule has 0 radical (unpaired) electrons. The fourth-order valence-corrected chi connectivity index (χ4v) is 6.50. The van der Waals surface area contributed by atoms with Crippen LogP contribution in [0.4, 0.5) is 5.69 Å². The van der Waals surface area contributed by atoms with Gasteiger partial charge in [-0.1, -0.05) is 18.2 Å². The van der Waals surface area contributed by atoms with Crippen molar-refractivity contribution in [3.8, 4) is 17.2 Å². The molecule has 0 atom stereocenters. The van der Waals surface area contributed by atoms with Crippen molar-refractivity contribution < 1.29 is 23.5 Å². The van der Waals surface area contributed by atoms with Gasteiger partial charge < -0.3 is 23.8 Å². The number of benzene rings is 3. The van der Waals surface area contributed by atoms with Crippen molar-refractivity contribution in [3.63, 3.8) is 0 Å². The van der Waals surface area contributed by atoms with Crippen LogP contribution in [0.5, 0.6) is 11.5 Å². The number of aryl methyl sites for hydroxylation is 2. The third-order valence-corrected chi connectivity index (χ3v) is 8.04. The molecule has 5 aromatic rings. The van der Waals surface area contributed by atoms with Crippen molar-refractivity contribution in [2.75, 3.05) is 11.9 Å². The van der Waals surface area contributed by atoms with Crippen molar-refractivity contribution in [3.05, 3.63) is 127 Å². The molecular formula is C33H28I2N4O5. The molecule has 0 aliphatic rings. The molecule has 2 heterocycles. The summed E-state index contributed by atoms with van der Waals surface area (Å²) in [5.74, 6) is 1.19. The number of rotatable bonds is 11. The van der Waals surface area contributed by atoms with E-state index in [2.05, 4.69) is 91.6 Å². The van der Waals surface area contributed by atoms with Crippen molar-refractivity contribution in [1.29, 1.82) is 0 Å². The van der Waals surface area contributed by atoms with E-state index in [1.54, 1.807) is 12.1 Å². The van der Waals surface area contributed by atoms with E-state index < -0.39 is 5.91 Å². The molecule has 3 aromatic carbocycles. The number of ether oxygens (including phenoxy) is 2. The average molecular weight is 814 g/mol. The van der Waals surface area contributed by atoms with Crippen molar-refractivity contribution >= 4 is 68.9 Å². The van der Waals surface area contributed by atoms with Gasteiger partial charge in [-0.2, -0.15) is 5.10 Å². The third kappa shape index (κ3) is 8.08. The minimum atomic E-state index is -0.483. The lowest BCUT2D eigenvalue weighted by Gasteiger charge is -2.11. The number of para-hydroxylation sites is 1. The first-order valence-electron chi connectivity index (χ1n) is 13.5. The summed E-state index contributed by atoms with van der Waals surface area (Å²) < 4.78 is 21.0. The molecule has 5 rings (SSSR count). The van der Waals surface area contributed by atoms with Crippen LogP contribution >= 0.6 is 45.2 Å². The molecule has 0 spiro atoms. The van der Waals surface area contributed by atoms with Crippen molar-refractivity contribution in [1.82, 2.24) is 9.99 Å². The molecule has 0 bridgehead atoms. The topological polar surface area (TPSA) is 107 Å². The molecule has 0 saturated carbocycles. The van der Waals surface area contributed by atoms with Crippen LogP contribution in [0, 0.1) is 21.0 Å². The third-order valence-electron chi connectivity index (χ3n) is 6.44. The highest BCUT2D eigenvalue weighted by Gasteiger charge is 2.13. The molecule has 0 saturated heterocycles. The summed E-state index contributed by atoms with van der Waals surface area (Å²) in [6, 6.07) is 28.2. The van der Waals surface area contributed by atoms with Crippen molar-refractivity contribution in [2.24, 2.45) is 5.10 Å². The number of nitrogens with zero attached hydrogens (tertiary/aromatic N) is 2. The molecule has 0 unspecified atom stereocenters. The molecule has 2 aromatic heterocycles. The number of carbonyl (C=O) groups excluding carboxylic acids is 2. The first kappa shape index (κ1) is 31.3. The van der Waals surface area contributed by atoms with Crippen LogP contribution < -0.4 is 20.2 Å². The minimum absolute atomic E-state index is 0.122. The number of hydrogen-bond donors (Lipinski definition) is 2. The van der Waals surface area contributed by atoms with E-state index in [9.17, 15) is 9.59 Å². The van der Waals surface area contributed by atoms with Crippen molar-refractivity contribution in [2.45, 2.75) is 20.5 Å². The maximum atomic E-state index is 12.6. The normalized spacial score (nSPS) is 11.0. The second-order valence-corrected chi connectivity index (χ2v) is 12.0. The fourth-order valence-electron chi connectivity index (χ4n) is 4.37. The monoisotopic (exact) mass is 814 g/mol. The number of nitrogens with one attached hydrogen (secondary N) is 2. The number of furan rings is 1. The Bertz CT molecular complexity index is 1750. The first-order valence-corrected chi connectivity index (χ1v) is 15.7. The largest absolute Gasteiger partial charge is 0.486 e. The second kappa shape index (κ2) is 14.6. The lowest BCUT2D eigenvalue weighted by atomic mass is 10.2. The lowest BCUT2D eigenvalue weighted by molar-refractivity contribution is -0.118. The van der Waals surface area contributed by atoms with Gasteiger partial charge in [0.05, 0.1) is 13.4 Å². The predicted octanol–water partition coefficient (Wildman–Crippen LogP) is 7.26. The molecular weight excluding hydrogens is 786 g/mol. The fraction of sp³-hybridized carbons (Fsp3) is 0.121. The Balaban J connectivity index is 1.10. The molecule has 11 heteroatoms. The van der Waals surface area contributed by atoms with Gasteiger partial charge >= 0.3 is 5.91 Å². The summed E-state index contributed by atoms with van der Waals surface area (Å²) in [6.45, 7) is 4.19. The number of hydrogen-bond acceptors (Lipinski definition) is 6. The van der Waals surface area contributed by atoms with E-state index in [-0.39, 0.29) is 24.9 Å². The SMILES string of the molecule is Cc1ccc(C)n1-c1ccc(OCc2ccc(C(=O)N/N=C/c3cc(I)c(OCC(=O)Nc4ccccc4)c(I)c3)o2)cc1. The van der Waals surface area contributed by atoms with Crippen LogP contribution in [-0.2, 0) is 11.4 Å². The number of hydrazone groups is 1. The Kier molecular flexibility index (Phi) is 10.4. The van der Waals surface area contributed by atoms with E-state index in [0.717, 1.165) is 29.8 Å². The van der Waals surface area contributed by atoms with E-state index in [0.29, 0.717) is 22.9 Å². The van der Waals surface area contributed by atoms with Gasteiger partial charge in [-0.3, -0.25) is 9.59 Å². The first-order chi connectivity index (χ1) is 21.3. The number of aromatic nitrogens is 1. The quantitative estimate of drug-likeness (QED) is 0.0831. The maximum absolute atomic E-state index is 12.6. The van der Waals surface area contributed by atoms with Crippen LogP contribution in [0.1, 0.15) is 33.3 Å². The van der Waals surface area contributed by atoms with E-state index in [4.69, 9.17) is 13.9 Å². The molecule has 0 aliphatic carbocycles. The second-order valence-electron chi connectivity index (χ2n) is 9.72. The molecule has 224 valence electrons. The molecule has 9 nitrogen and oxygen atoms in total. The average Bonchev–Trinajstić information content (AvgIpc) is 3.62. The Morgan fingerprint density at radius 3 is 2.25 bits per heavy atom. The molecule has 0 aliphatic heterocycles. The zero-order chi connectivity index (χ0) is 31.1. The highest BCUT2D eigenvalue weighted by Crippen LogP contribution is 2.28. The van der Waals surface area contributed by atoms with Crippen LogP contribution in [0.3, 0.4) is 0 Å². The van der Waals surface area contributed by atoms with Crippen LogP contribution in [0.15, 0.2) is 101 Å². The molecule has 2 N–H and O–H groups in total. The Morgan fingerprint density at radius 1 is 0.886 bits per heavy atom. The standard InChI is InChI=1S/C33H28I2N4O5/c1-21-8-9-22(2)39(21)25-10-12-26(13-11-25)42-19-27-14-15-30(44-27)33(41)38-36-18-23-16-28(34)32(29(35)17-23)43-20-31(40)37-24-6-4-3-5-7-24/h3-18H,19-20H2,1-2H3,(H,37,40)(H,38,41)/b36-18+. The molecule has 44 heavy (non-hydrogen) atoms. The minimum Gasteiger partial charge on any atom is -0.486 e. The number of amides is 2. The number of anilines is 1. The van der Waals surface area contributed by atoms with Gasteiger partial charge in [0.25, 0.3) is 5.91 Å². The summed E-state index contributed by atoms with van der Waals surface area (Å²) in [7, 11) is 0. The summed E-state index contributed by atoms with van der Waals surface area (Å²) in [5.41, 5.74) is 7.33. The van der Waals surface area contributed by atoms with E-state index in [1.807, 2.05) is 66.7 Å². The molecule has 2 amide bonds. The lowest BCUT2D eigenvalue weighted by Crippen LogP contribution is -2.20. The van der Waals surface area contributed by atoms with Gasteiger partial charge in [0.2, 0.25) is 0 Å². The van der Waals surface area contributed by atoms with Crippen LogP contribution in [0.25, 0.3) is 5.69 Å². The van der Waals surface area contributed by atoms with Crippen LogP contribution in [-0.4, -0.2) is 29.2 Å². The van der Waals surface area contributed by atoms with Gasteiger partial charge in [0, 0.05) is 22.8 Å². The highest BCUT2D eigenvalue weighted by molar-refractivity contribution is 14.1. The Morgan fingerprint density at radius 2 is 1.57 bits per heavy atom. The zero-order valence-corrected chi connectivity index (χ0v) is 28.2. The summed E-state index contributed by atoms with van der Waals surface area (Å²) >= 11 is 4.28. The molecule has 0 fully saturated rings. The van der Waals surface area contributed by atoms with Gasteiger partial charge in [0.1, 0.15) is 23.9 Å². The van der Waals surface area contributed by atoms with Gasteiger partial charge in [-0.15, -0.1) is 0 Å². The van der Waals surface area contributed by atoms with Gasteiger partial charge in [-0.05, 0) is 137 Å². The summed E-state index contributed by atoms with van der Waals surface area (Å²) in [6.07, 6.45) is 1.53. The summed E-state index contributed by atoms with van der Waals surface area (Å²) in [5, 5.41) is 6.86. The smallest absolute Gasteiger partial charge is 0.307 e. The maximum Gasteiger partial charge on any atom is 0.307 e. The Hall–Kier alpha value is -4.11. The highest BCUT2D eigenvalue weighted by atomic mass is 127. The van der Waals surface area contributed by atoms with E-state index >= 15 is 0 Å². The number of halogens is 2. The van der Waals surface area contributed by atoms with E-state index in [1.165, 1.54) is 6.21 Å². The number of carbonyl (C=O) groups is 2.